The summed E-state index contributed by atoms with van der Waals surface area (Å²) >= 11 is 8.57. The van der Waals surface area contributed by atoms with E-state index in [1.165, 1.54) is 17.0 Å². The molecule has 114 valence electrons. The van der Waals surface area contributed by atoms with E-state index >= 15 is 0 Å². The van der Waals surface area contributed by atoms with Gasteiger partial charge in [0.25, 0.3) is 0 Å². The Morgan fingerprint density at radius 3 is 1.41 bits per heavy atom. The summed E-state index contributed by atoms with van der Waals surface area (Å²) in [5.74, 6) is 2.05. The molecule has 2 aromatic rings. The van der Waals surface area contributed by atoms with Crippen molar-refractivity contribution >= 4 is 68.7 Å². The molecule has 0 aliphatic carbocycles. The van der Waals surface area contributed by atoms with Gasteiger partial charge >= 0.3 is 0 Å². The summed E-state index contributed by atoms with van der Waals surface area (Å²) in [5, 5.41) is 0. The zero-order chi connectivity index (χ0) is 15.6. The highest BCUT2D eigenvalue weighted by Gasteiger charge is 1.97. The monoisotopic (exact) mass is 550 g/mol. The van der Waals surface area contributed by atoms with Gasteiger partial charge in [-0.25, -0.2) is 0 Å². The lowest BCUT2D eigenvalue weighted by Crippen LogP contribution is -1.78. The molecule has 0 fully saturated rings. The van der Waals surface area contributed by atoms with Gasteiger partial charge < -0.3 is 0 Å². The second kappa shape index (κ2) is 10.8. The molecule has 0 atom stereocenters. The SMILES string of the molecule is I/C(=C/C=C(/I)SCc1ccccc1)SCc1ccccc1. The predicted molar refractivity (Wildman–Crippen MR) is 120 cm³/mol. The van der Waals surface area contributed by atoms with Crippen molar-refractivity contribution in [2.75, 3.05) is 0 Å². The van der Waals surface area contributed by atoms with Crippen LogP contribution in [0.15, 0.2) is 78.6 Å². The first-order valence-electron chi connectivity index (χ1n) is 6.80. The first-order valence-corrected chi connectivity index (χ1v) is 10.9. The van der Waals surface area contributed by atoms with Gasteiger partial charge in [0, 0.05) is 17.3 Å². The zero-order valence-corrected chi connectivity index (χ0v) is 17.9. The molecule has 0 aliphatic heterocycles. The third-order valence-electron chi connectivity index (χ3n) is 2.78. The van der Waals surface area contributed by atoms with Gasteiger partial charge in [-0.1, -0.05) is 60.7 Å². The number of benzene rings is 2. The summed E-state index contributed by atoms with van der Waals surface area (Å²) < 4.78 is 2.63. The Morgan fingerprint density at radius 2 is 1.05 bits per heavy atom. The number of halogens is 2. The van der Waals surface area contributed by atoms with E-state index in [2.05, 4.69) is 118 Å². The average molecular weight is 550 g/mol. The minimum Gasteiger partial charge on any atom is -0.115 e. The van der Waals surface area contributed by atoms with Crippen molar-refractivity contribution in [2.45, 2.75) is 11.5 Å². The van der Waals surface area contributed by atoms with Crippen LogP contribution >= 0.6 is 68.7 Å². The minimum absolute atomic E-state index is 1.02. The summed E-state index contributed by atoms with van der Waals surface area (Å²) in [6.07, 6.45) is 4.40. The molecular weight excluding hydrogens is 534 g/mol. The molecule has 0 saturated heterocycles. The molecule has 4 heteroatoms. The molecule has 0 saturated carbocycles. The van der Waals surface area contributed by atoms with Crippen molar-refractivity contribution in [3.05, 3.63) is 89.8 Å². The Hall–Kier alpha value is 0.0800. The van der Waals surface area contributed by atoms with Crippen LogP contribution in [0.4, 0.5) is 0 Å². The largest absolute Gasteiger partial charge is 0.115 e. The van der Waals surface area contributed by atoms with E-state index in [-0.39, 0.29) is 0 Å². The molecule has 2 aromatic carbocycles. The fraction of sp³-hybridized carbons (Fsp3) is 0.111. The van der Waals surface area contributed by atoms with Crippen LogP contribution in [-0.4, -0.2) is 0 Å². The molecule has 0 N–H and O–H groups in total. The Bertz CT molecular complexity index is 565. The summed E-state index contributed by atoms with van der Waals surface area (Å²) in [6.45, 7) is 0. The second-order valence-corrected chi connectivity index (χ2v) is 10.3. The smallest absolute Gasteiger partial charge is 0.0461 e. The van der Waals surface area contributed by atoms with Crippen LogP contribution in [0.5, 0.6) is 0 Å². The lowest BCUT2D eigenvalue weighted by Gasteiger charge is -2.01. The molecular formula is C18H16I2S2. The Kier molecular flexibility index (Phi) is 9.03. The maximum atomic E-state index is 2.41. The fourth-order valence-electron chi connectivity index (χ4n) is 1.68. The minimum atomic E-state index is 1.02. The lowest BCUT2D eigenvalue weighted by atomic mass is 10.2. The number of allylic oxidation sites excluding steroid dienone is 2. The number of hydrogen-bond donors (Lipinski definition) is 0. The quantitative estimate of drug-likeness (QED) is 0.260. The topological polar surface area (TPSA) is 0 Å². The number of rotatable bonds is 7. The first-order chi connectivity index (χ1) is 10.7. The fourth-order valence-corrected chi connectivity index (χ4v) is 4.30. The highest BCUT2D eigenvalue weighted by Crippen LogP contribution is 2.30. The normalized spacial score (nSPS) is 12.5. The highest BCUT2D eigenvalue weighted by molar-refractivity contribution is 14.1. The van der Waals surface area contributed by atoms with Gasteiger partial charge in [-0.3, -0.25) is 0 Å². The van der Waals surface area contributed by atoms with Crippen LogP contribution in [0.2, 0.25) is 0 Å². The number of thioether (sulfide) groups is 2. The summed E-state index contributed by atoms with van der Waals surface area (Å²) in [4.78, 5) is 0. The molecule has 2 rings (SSSR count). The first kappa shape index (κ1) is 18.4. The summed E-state index contributed by atoms with van der Waals surface area (Å²) in [7, 11) is 0. The molecule has 0 spiro atoms. The molecule has 0 radical (unpaired) electrons. The van der Waals surface area contributed by atoms with Crippen LogP contribution in [0.3, 0.4) is 0 Å². The van der Waals surface area contributed by atoms with Crippen molar-refractivity contribution in [1.82, 2.24) is 0 Å². The summed E-state index contributed by atoms with van der Waals surface area (Å²) in [5.41, 5.74) is 2.74. The Balaban J connectivity index is 1.78. The maximum Gasteiger partial charge on any atom is 0.0461 e. The predicted octanol–water partition coefficient (Wildman–Crippen LogP) is 7.41. The standard InChI is InChI=1S/C18H16I2S2/c19-17(21-13-15-7-3-1-4-8-15)11-12-18(20)22-14-16-9-5-2-6-10-16/h1-12H,13-14H2/b17-11-,18-12-. The van der Waals surface area contributed by atoms with E-state index in [4.69, 9.17) is 0 Å². The van der Waals surface area contributed by atoms with Crippen LogP contribution in [-0.2, 0) is 11.5 Å². The maximum absolute atomic E-state index is 2.41. The average Bonchev–Trinajstić information content (AvgIpc) is 2.58. The third-order valence-corrected chi connectivity index (χ3v) is 7.15. The molecule has 0 nitrogen and oxygen atoms in total. The molecule has 0 bridgehead atoms. The zero-order valence-electron chi connectivity index (χ0n) is 11.9. The van der Waals surface area contributed by atoms with Crippen LogP contribution in [0.1, 0.15) is 11.1 Å². The Morgan fingerprint density at radius 1 is 0.682 bits per heavy atom. The lowest BCUT2D eigenvalue weighted by molar-refractivity contribution is 1.42. The molecule has 0 amide bonds. The van der Waals surface area contributed by atoms with E-state index in [1.54, 1.807) is 0 Å². The van der Waals surface area contributed by atoms with Crippen molar-refractivity contribution < 1.29 is 0 Å². The van der Waals surface area contributed by atoms with Gasteiger partial charge in [0.05, 0.1) is 0 Å². The van der Waals surface area contributed by atoms with E-state index in [9.17, 15) is 0 Å². The second-order valence-electron chi connectivity index (χ2n) is 4.49. The van der Waals surface area contributed by atoms with Gasteiger partial charge in [-0.15, -0.1) is 23.5 Å². The molecule has 22 heavy (non-hydrogen) atoms. The summed E-state index contributed by atoms with van der Waals surface area (Å²) in [6, 6.07) is 21.2. The van der Waals surface area contributed by atoms with Gasteiger partial charge in [0.2, 0.25) is 0 Å². The van der Waals surface area contributed by atoms with Gasteiger partial charge in [-0.05, 0) is 68.5 Å². The van der Waals surface area contributed by atoms with Gasteiger partial charge in [0.15, 0.2) is 0 Å². The molecule has 0 aromatic heterocycles. The van der Waals surface area contributed by atoms with E-state index in [1.807, 2.05) is 23.5 Å². The van der Waals surface area contributed by atoms with Crippen LogP contribution < -0.4 is 0 Å². The number of hydrogen-bond acceptors (Lipinski definition) is 2. The highest BCUT2D eigenvalue weighted by atomic mass is 127. The van der Waals surface area contributed by atoms with Crippen LogP contribution in [0, 0.1) is 0 Å². The van der Waals surface area contributed by atoms with Gasteiger partial charge in [0.1, 0.15) is 0 Å². The Labute approximate surface area is 168 Å². The third kappa shape index (κ3) is 7.57. The van der Waals surface area contributed by atoms with Crippen molar-refractivity contribution in [3.63, 3.8) is 0 Å². The van der Waals surface area contributed by atoms with E-state index in [0.29, 0.717) is 0 Å². The van der Waals surface area contributed by atoms with Crippen LogP contribution in [0.25, 0.3) is 0 Å². The van der Waals surface area contributed by atoms with Crippen molar-refractivity contribution in [2.24, 2.45) is 0 Å². The molecule has 0 unspecified atom stereocenters. The molecule has 0 aliphatic rings. The van der Waals surface area contributed by atoms with Crippen molar-refractivity contribution in [1.29, 1.82) is 0 Å². The van der Waals surface area contributed by atoms with Crippen molar-refractivity contribution in [3.8, 4) is 0 Å². The van der Waals surface area contributed by atoms with E-state index in [0.717, 1.165) is 11.5 Å². The van der Waals surface area contributed by atoms with E-state index < -0.39 is 0 Å². The molecule has 0 heterocycles. The van der Waals surface area contributed by atoms with Gasteiger partial charge in [-0.2, -0.15) is 0 Å².